The molecule has 0 fully saturated rings. The SMILES string of the molecule is O=C(CN[C@@H](CC(=O)OCc1ccccc1)C(=O)OCc1ccccc1)OCc1ccccc1. The molecule has 0 radical (unpaired) electrons. The molecule has 0 bridgehead atoms. The molecule has 0 aliphatic heterocycles. The summed E-state index contributed by atoms with van der Waals surface area (Å²) in [5.74, 6) is -1.80. The van der Waals surface area contributed by atoms with E-state index >= 15 is 0 Å². The number of rotatable bonds is 12. The van der Waals surface area contributed by atoms with Crippen molar-refractivity contribution in [3.05, 3.63) is 108 Å². The van der Waals surface area contributed by atoms with Crippen LogP contribution < -0.4 is 5.32 Å². The summed E-state index contributed by atoms with van der Waals surface area (Å²) >= 11 is 0. The van der Waals surface area contributed by atoms with Gasteiger partial charge in [-0.2, -0.15) is 0 Å². The van der Waals surface area contributed by atoms with E-state index < -0.39 is 23.9 Å². The first kappa shape index (κ1) is 24.7. The van der Waals surface area contributed by atoms with Gasteiger partial charge in [-0.3, -0.25) is 19.7 Å². The summed E-state index contributed by atoms with van der Waals surface area (Å²) in [4.78, 5) is 37.2. The van der Waals surface area contributed by atoms with Crippen LogP contribution in [0.2, 0.25) is 0 Å². The highest BCUT2D eigenvalue weighted by Gasteiger charge is 2.25. The number of hydrogen-bond acceptors (Lipinski definition) is 7. The van der Waals surface area contributed by atoms with Crippen molar-refractivity contribution in [2.45, 2.75) is 32.3 Å². The van der Waals surface area contributed by atoms with E-state index in [1.54, 1.807) is 0 Å². The van der Waals surface area contributed by atoms with Crippen LogP contribution in [0.5, 0.6) is 0 Å². The van der Waals surface area contributed by atoms with Gasteiger partial charge in [0.05, 0.1) is 13.0 Å². The molecule has 0 aliphatic carbocycles. The number of carbonyl (C=O) groups is 3. The monoisotopic (exact) mass is 461 g/mol. The molecule has 1 N–H and O–H groups in total. The molecule has 3 rings (SSSR count). The van der Waals surface area contributed by atoms with Crippen LogP contribution in [0.15, 0.2) is 91.0 Å². The van der Waals surface area contributed by atoms with Gasteiger partial charge in [0.15, 0.2) is 0 Å². The molecule has 0 aromatic heterocycles. The largest absolute Gasteiger partial charge is 0.461 e. The van der Waals surface area contributed by atoms with Crippen molar-refractivity contribution in [1.29, 1.82) is 0 Å². The molecule has 7 heteroatoms. The average molecular weight is 462 g/mol. The second kappa shape index (κ2) is 13.5. The molecule has 0 saturated heterocycles. The van der Waals surface area contributed by atoms with Gasteiger partial charge in [-0.15, -0.1) is 0 Å². The molecule has 0 heterocycles. The van der Waals surface area contributed by atoms with Crippen molar-refractivity contribution in [3.8, 4) is 0 Å². The molecule has 3 aromatic carbocycles. The van der Waals surface area contributed by atoms with E-state index in [2.05, 4.69) is 5.32 Å². The fourth-order valence-electron chi connectivity index (χ4n) is 3.03. The molecule has 0 spiro atoms. The Morgan fingerprint density at radius 3 is 1.47 bits per heavy atom. The van der Waals surface area contributed by atoms with E-state index in [-0.39, 0.29) is 32.8 Å². The van der Waals surface area contributed by atoms with Gasteiger partial charge in [0.25, 0.3) is 0 Å². The summed E-state index contributed by atoms with van der Waals surface area (Å²) in [6.07, 6.45) is -0.285. The molecule has 34 heavy (non-hydrogen) atoms. The second-order valence-corrected chi connectivity index (χ2v) is 7.52. The van der Waals surface area contributed by atoms with E-state index in [0.29, 0.717) is 0 Å². The normalized spacial score (nSPS) is 11.3. The molecule has 0 amide bonds. The minimum absolute atomic E-state index is 0.0510. The average Bonchev–Trinajstić information content (AvgIpc) is 2.89. The van der Waals surface area contributed by atoms with Gasteiger partial charge in [-0.05, 0) is 16.7 Å². The highest BCUT2D eigenvalue weighted by atomic mass is 16.5. The van der Waals surface area contributed by atoms with Gasteiger partial charge in [-0.1, -0.05) is 91.0 Å². The van der Waals surface area contributed by atoms with E-state index in [4.69, 9.17) is 14.2 Å². The highest BCUT2D eigenvalue weighted by molar-refractivity contribution is 5.83. The van der Waals surface area contributed by atoms with Crippen LogP contribution in [0.1, 0.15) is 23.1 Å². The zero-order chi connectivity index (χ0) is 24.0. The fraction of sp³-hybridized carbons (Fsp3) is 0.222. The van der Waals surface area contributed by atoms with Crippen molar-refractivity contribution in [1.82, 2.24) is 5.32 Å². The van der Waals surface area contributed by atoms with Crippen LogP contribution in [0.4, 0.5) is 0 Å². The second-order valence-electron chi connectivity index (χ2n) is 7.52. The Morgan fingerprint density at radius 1 is 0.588 bits per heavy atom. The standard InChI is InChI=1S/C27H27NO6/c29-25(32-18-21-10-4-1-5-11-21)16-24(27(31)34-20-23-14-8-3-9-15-23)28-17-26(30)33-19-22-12-6-2-7-13-22/h1-15,24,28H,16-20H2/t24-/m0/s1. The van der Waals surface area contributed by atoms with Gasteiger partial charge in [0.2, 0.25) is 0 Å². The number of hydrogen-bond donors (Lipinski definition) is 1. The zero-order valence-corrected chi connectivity index (χ0v) is 18.7. The lowest BCUT2D eigenvalue weighted by molar-refractivity contribution is -0.155. The van der Waals surface area contributed by atoms with Gasteiger partial charge in [0.1, 0.15) is 25.9 Å². The lowest BCUT2D eigenvalue weighted by Crippen LogP contribution is -2.42. The van der Waals surface area contributed by atoms with Gasteiger partial charge < -0.3 is 14.2 Å². The van der Waals surface area contributed by atoms with Crippen molar-refractivity contribution in [2.24, 2.45) is 0 Å². The molecular formula is C27H27NO6. The molecule has 3 aromatic rings. The van der Waals surface area contributed by atoms with Crippen molar-refractivity contribution in [3.63, 3.8) is 0 Å². The van der Waals surface area contributed by atoms with Crippen molar-refractivity contribution in [2.75, 3.05) is 6.54 Å². The number of esters is 3. The van der Waals surface area contributed by atoms with E-state index in [1.807, 2.05) is 91.0 Å². The Labute approximate surface area is 198 Å². The van der Waals surface area contributed by atoms with Crippen molar-refractivity contribution < 1.29 is 28.6 Å². The molecule has 176 valence electrons. The minimum Gasteiger partial charge on any atom is -0.461 e. The third-order valence-electron chi connectivity index (χ3n) is 4.86. The summed E-state index contributed by atoms with van der Waals surface area (Å²) < 4.78 is 15.9. The van der Waals surface area contributed by atoms with E-state index in [9.17, 15) is 14.4 Å². The van der Waals surface area contributed by atoms with Crippen LogP contribution in [0, 0.1) is 0 Å². The summed E-state index contributed by atoms with van der Waals surface area (Å²) in [6, 6.07) is 26.6. The molecular weight excluding hydrogens is 434 g/mol. The summed E-state index contributed by atoms with van der Waals surface area (Å²) in [5.41, 5.74) is 2.49. The topological polar surface area (TPSA) is 90.9 Å². The van der Waals surface area contributed by atoms with Gasteiger partial charge in [0, 0.05) is 0 Å². The molecule has 0 saturated carbocycles. The van der Waals surface area contributed by atoms with Crippen molar-refractivity contribution >= 4 is 17.9 Å². The predicted molar refractivity (Wildman–Crippen MR) is 125 cm³/mol. The Kier molecular flexibility index (Phi) is 9.83. The lowest BCUT2D eigenvalue weighted by atomic mass is 10.2. The first-order chi connectivity index (χ1) is 16.6. The molecule has 0 unspecified atom stereocenters. The zero-order valence-electron chi connectivity index (χ0n) is 18.7. The number of ether oxygens (including phenoxy) is 3. The van der Waals surface area contributed by atoms with Gasteiger partial charge >= 0.3 is 17.9 Å². The van der Waals surface area contributed by atoms with Crippen LogP contribution in [-0.4, -0.2) is 30.5 Å². The Bertz CT molecular complexity index is 1040. The minimum atomic E-state index is -1.06. The smallest absolute Gasteiger partial charge is 0.324 e. The Morgan fingerprint density at radius 2 is 1.00 bits per heavy atom. The molecule has 1 atom stereocenters. The highest BCUT2D eigenvalue weighted by Crippen LogP contribution is 2.07. The lowest BCUT2D eigenvalue weighted by Gasteiger charge is -2.17. The first-order valence-corrected chi connectivity index (χ1v) is 10.9. The number of benzene rings is 3. The Balaban J connectivity index is 1.52. The third-order valence-corrected chi connectivity index (χ3v) is 4.86. The molecule has 0 aliphatic rings. The van der Waals surface area contributed by atoms with Gasteiger partial charge in [-0.25, -0.2) is 0 Å². The van der Waals surface area contributed by atoms with E-state index in [0.717, 1.165) is 16.7 Å². The van der Waals surface area contributed by atoms with Crippen LogP contribution in [-0.2, 0) is 48.4 Å². The maximum absolute atomic E-state index is 12.7. The summed E-state index contributed by atoms with van der Waals surface area (Å²) in [6.45, 7) is -0.00651. The Hall–Kier alpha value is -3.97. The number of carbonyl (C=O) groups excluding carboxylic acids is 3. The maximum Gasteiger partial charge on any atom is 0.324 e. The quantitative estimate of drug-likeness (QED) is 0.326. The predicted octanol–water partition coefficient (Wildman–Crippen LogP) is 3.56. The maximum atomic E-state index is 12.7. The molecule has 7 nitrogen and oxygen atoms in total. The third kappa shape index (κ3) is 8.88. The number of nitrogens with one attached hydrogen (secondary N) is 1. The van der Waals surface area contributed by atoms with E-state index in [1.165, 1.54) is 0 Å². The first-order valence-electron chi connectivity index (χ1n) is 10.9. The van der Waals surface area contributed by atoms with Crippen LogP contribution >= 0.6 is 0 Å². The van der Waals surface area contributed by atoms with Crippen LogP contribution in [0.25, 0.3) is 0 Å². The van der Waals surface area contributed by atoms with Crippen LogP contribution in [0.3, 0.4) is 0 Å². The fourth-order valence-corrected chi connectivity index (χ4v) is 3.03. The summed E-state index contributed by atoms with van der Waals surface area (Å²) in [5, 5.41) is 2.77. The summed E-state index contributed by atoms with van der Waals surface area (Å²) in [7, 11) is 0.